The minimum absolute atomic E-state index is 0.452. The number of primary amides is 1. The zero-order valence-electron chi connectivity index (χ0n) is 11.9. The zero-order chi connectivity index (χ0) is 15.6. The second-order valence-corrected chi connectivity index (χ2v) is 6.49. The summed E-state index contributed by atoms with van der Waals surface area (Å²) in [6.07, 6.45) is 2.06. The number of nitrogens with two attached hydrogens (primary N) is 1. The highest BCUT2D eigenvalue weighted by Gasteiger charge is 2.12. The van der Waals surface area contributed by atoms with Gasteiger partial charge in [-0.1, -0.05) is 18.2 Å². The maximum atomic E-state index is 11.3. The monoisotopic (exact) mass is 318 g/mol. The van der Waals surface area contributed by atoms with Crippen molar-refractivity contribution in [2.45, 2.75) is 0 Å². The molecule has 1 amide bonds. The third-order valence-corrected chi connectivity index (χ3v) is 5.10. The molecule has 0 atom stereocenters. The molecule has 3 heterocycles. The van der Waals surface area contributed by atoms with E-state index in [-0.39, 0.29) is 0 Å². The van der Waals surface area contributed by atoms with E-state index in [2.05, 4.69) is 23.3 Å². The number of carbonyl (C=O) groups is 1. The summed E-state index contributed by atoms with van der Waals surface area (Å²) in [6.45, 7) is 0. The summed E-state index contributed by atoms with van der Waals surface area (Å²) in [5.74, 6) is 0.168. The third kappa shape index (κ3) is 1.69. The second-order valence-electron chi connectivity index (χ2n) is 5.40. The number of imidazole rings is 1. The number of rotatable bonds is 1. The average molecular weight is 318 g/mol. The van der Waals surface area contributed by atoms with Gasteiger partial charge >= 0.3 is 0 Å². The van der Waals surface area contributed by atoms with E-state index in [0.717, 1.165) is 26.6 Å². The van der Waals surface area contributed by atoms with Crippen LogP contribution in [0.2, 0.25) is 0 Å². The van der Waals surface area contributed by atoms with E-state index in [0.29, 0.717) is 11.3 Å². The van der Waals surface area contributed by atoms with Crippen molar-refractivity contribution in [3.05, 3.63) is 54.2 Å². The summed E-state index contributed by atoms with van der Waals surface area (Å²) in [5.41, 5.74) is 8.38. The molecule has 0 spiro atoms. The van der Waals surface area contributed by atoms with Gasteiger partial charge in [0.1, 0.15) is 0 Å². The summed E-state index contributed by atoms with van der Waals surface area (Å²) in [7, 11) is 0. The highest BCUT2D eigenvalue weighted by molar-refractivity contribution is 7.25. The molecule has 23 heavy (non-hydrogen) atoms. The number of nitrogens with zero attached hydrogens (tertiary/aromatic N) is 3. The fourth-order valence-corrected chi connectivity index (χ4v) is 3.98. The van der Waals surface area contributed by atoms with Crippen LogP contribution in [-0.2, 0) is 0 Å². The molecule has 0 saturated heterocycles. The molecular formula is C17H10N4OS. The highest BCUT2D eigenvalue weighted by Crippen LogP contribution is 2.33. The minimum Gasteiger partial charge on any atom is -0.366 e. The summed E-state index contributed by atoms with van der Waals surface area (Å²) in [4.78, 5) is 20.6. The van der Waals surface area contributed by atoms with Crippen LogP contribution in [0.25, 0.3) is 37.1 Å². The molecule has 0 bridgehead atoms. The van der Waals surface area contributed by atoms with Crippen LogP contribution in [0.5, 0.6) is 0 Å². The lowest BCUT2D eigenvalue weighted by molar-refractivity contribution is 0.100. The molecular weight excluding hydrogens is 308 g/mol. The van der Waals surface area contributed by atoms with Crippen molar-refractivity contribution in [3.8, 4) is 0 Å². The van der Waals surface area contributed by atoms with E-state index < -0.39 is 5.91 Å². The van der Waals surface area contributed by atoms with Gasteiger partial charge in [-0.25, -0.2) is 9.97 Å². The number of fused-ring (bicyclic) bond motifs is 6. The van der Waals surface area contributed by atoms with Crippen LogP contribution in [0.3, 0.4) is 0 Å². The molecule has 110 valence electrons. The first-order valence-electron chi connectivity index (χ1n) is 7.10. The Balaban J connectivity index is 1.91. The number of hydrogen-bond donors (Lipinski definition) is 1. The molecule has 0 aliphatic heterocycles. The molecule has 0 radical (unpaired) electrons. The van der Waals surface area contributed by atoms with Crippen molar-refractivity contribution in [3.63, 3.8) is 0 Å². The van der Waals surface area contributed by atoms with Gasteiger partial charge in [0.05, 0.1) is 21.3 Å². The van der Waals surface area contributed by atoms with E-state index in [1.807, 2.05) is 22.6 Å². The van der Waals surface area contributed by atoms with E-state index in [9.17, 15) is 4.79 Å². The molecule has 6 heteroatoms. The molecule has 5 rings (SSSR count). The number of thiophene rings is 1. The Morgan fingerprint density at radius 2 is 1.96 bits per heavy atom. The smallest absolute Gasteiger partial charge is 0.248 e. The summed E-state index contributed by atoms with van der Waals surface area (Å²) >= 11 is 1.71. The lowest BCUT2D eigenvalue weighted by atomic mass is 10.2. The predicted octanol–water partition coefficient (Wildman–Crippen LogP) is 3.35. The van der Waals surface area contributed by atoms with Crippen LogP contribution in [0.4, 0.5) is 0 Å². The first-order chi connectivity index (χ1) is 11.2. The minimum atomic E-state index is -0.455. The predicted molar refractivity (Wildman–Crippen MR) is 91.9 cm³/mol. The quantitative estimate of drug-likeness (QED) is 0.515. The van der Waals surface area contributed by atoms with Gasteiger partial charge in [0.15, 0.2) is 0 Å². The Morgan fingerprint density at radius 1 is 1.09 bits per heavy atom. The zero-order valence-corrected chi connectivity index (χ0v) is 12.7. The standard InChI is InChI=1S/C17H10N4OS/c18-16(22)9-5-6-12-11(7-9)19-17-20-15-10-3-1-2-4-13(10)23-14(15)8-21(12)17/h1-8H,(H2,18,22). The Labute approximate surface area is 134 Å². The van der Waals surface area contributed by atoms with Crippen LogP contribution < -0.4 is 5.73 Å². The number of amides is 1. The van der Waals surface area contributed by atoms with Crippen molar-refractivity contribution in [1.29, 1.82) is 0 Å². The van der Waals surface area contributed by atoms with Gasteiger partial charge in [0.25, 0.3) is 0 Å². The summed E-state index contributed by atoms with van der Waals surface area (Å²) in [5, 5.41) is 1.14. The average Bonchev–Trinajstić information content (AvgIpc) is 3.09. The van der Waals surface area contributed by atoms with E-state index in [4.69, 9.17) is 10.7 Å². The fourth-order valence-electron chi connectivity index (χ4n) is 2.92. The molecule has 5 nitrogen and oxygen atoms in total. The van der Waals surface area contributed by atoms with Gasteiger partial charge < -0.3 is 5.73 Å². The molecule has 0 saturated carbocycles. The Morgan fingerprint density at radius 3 is 2.83 bits per heavy atom. The first kappa shape index (κ1) is 12.5. The summed E-state index contributed by atoms with van der Waals surface area (Å²) < 4.78 is 4.28. The molecule has 0 unspecified atom stereocenters. The van der Waals surface area contributed by atoms with Crippen molar-refractivity contribution in [1.82, 2.24) is 14.4 Å². The van der Waals surface area contributed by atoms with Crippen LogP contribution in [0.1, 0.15) is 10.4 Å². The molecule has 2 aromatic carbocycles. The van der Waals surface area contributed by atoms with Crippen molar-refractivity contribution in [2.75, 3.05) is 0 Å². The molecule has 3 aromatic heterocycles. The van der Waals surface area contributed by atoms with Crippen molar-refractivity contribution >= 4 is 54.4 Å². The van der Waals surface area contributed by atoms with Crippen LogP contribution in [0, 0.1) is 0 Å². The van der Waals surface area contributed by atoms with Crippen molar-refractivity contribution < 1.29 is 4.79 Å². The Kier molecular flexibility index (Phi) is 2.33. The van der Waals surface area contributed by atoms with Gasteiger partial charge in [-0.15, -0.1) is 11.3 Å². The SMILES string of the molecule is NC(=O)c1ccc2c(c1)nc1nc3c(cn12)sc1ccccc13. The normalized spacial score (nSPS) is 11.8. The number of carbonyl (C=O) groups excluding carboxylic acids is 1. The number of benzene rings is 2. The van der Waals surface area contributed by atoms with Gasteiger partial charge in [-0.2, -0.15) is 0 Å². The third-order valence-electron chi connectivity index (χ3n) is 4.01. The first-order valence-corrected chi connectivity index (χ1v) is 7.92. The van der Waals surface area contributed by atoms with E-state index in [1.165, 1.54) is 4.70 Å². The van der Waals surface area contributed by atoms with Gasteiger partial charge in [-0.3, -0.25) is 9.20 Å². The van der Waals surface area contributed by atoms with Crippen molar-refractivity contribution in [2.24, 2.45) is 5.73 Å². The fraction of sp³-hybridized carbons (Fsp3) is 0. The number of hydrogen-bond acceptors (Lipinski definition) is 4. The molecule has 2 N–H and O–H groups in total. The summed E-state index contributed by atoms with van der Waals surface area (Å²) in [6, 6.07) is 13.5. The largest absolute Gasteiger partial charge is 0.366 e. The Hall–Kier alpha value is -2.99. The lowest BCUT2D eigenvalue weighted by Gasteiger charge is -1.97. The Bertz CT molecular complexity index is 1250. The van der Waals surface area contributed by atoms with E-state index >= 15 is 0 Å². The van der Waals surface area contributed by atoms with Gasteiger partial charge in [-0.05, 0) is 24.3 Å². The maximum Gasteiger partial charge on any atom is 0.248 e. The van der Waals surface area contributed by atoms with Gasteiger partial charge in [0, 0.05) is 21.8 Å². The molecule has 0 aliphatic rings. The van der Waals surface area contributed by atoms with Crippen LogP contribution >= 0.6 is 11.3 Å². The van der Waals surface area contributed by atoms with E-state index in [1.54, 1.807) is 23.5 Å². The molecule has 0 fully saturated rings. The van der Waals surface area contributed by atoms with Gasteiger partial charge in [0.2, 0.25) is 11.7 Å². The molecule has 0 aliphatic carbocycles. The lowest BCUT2D eigenvalue weighted by Crippen LogP contribution is -2.10. The number of aromatic nitrogens is 3. The van der Waals surface area contributed by atoms with Crippen LogP contribution in [0.15, 0.2) is 48.7 Å². The molecule has 5 aromatic rings. The van der Waals surface area contributed by atoms with Crippen LogP contribution in [-0.4, -0.2) is 20.3 Å². The maximum absolute atomic E-state index is 11.3. The second kappa shape index (κ2) is 4.27. The highest BCUT2D eigenvalue weighted by atomic mass is 32.1. The topological polar surface area (TPSA) is 73.3 Å².